The minimum absolute atomic E-state index is 0.146. The molecule has 0 fully saturated rings. The number of nitrogens with one attached hydrogen (secondary N) is 2. The molecule has 2 rings (SSSR count). The van der Waals surface area contributed by atoms with E-state index < -0.39 is 5.91 Å². The van der Waals surface area contributed by atoms with Gasteiger partial charge in [-0.2, -0.15) is 5.10 Å². The number of anilines is 2. The minimum atomic E-state index is -0.427. The van der Waals surface area contributed by atoms with Crippen molar-refractivity contribution >= 4 is 33.3 Å². The Hall–Kier alpha value is -1.96. The number of carbonyl (C=O) groups excluding carboxylic acids is 1. The molecule has 88 valence electrons. The van der Waals surface area contributed by atoms with Crippen LogP contribution in [0.15, 0.2) is 17.0 Å². The number of amides is 1. The predicted molar refractivity (Wildman–Crippen MR) is 65.4 cm³/mol. The average molecular weight is 297 g/mol. The Bertz CT molecular complexity index is 549. The normalized spacial score (nSPS) is 10.2. The van der Waals surface area contributed by atoms with E-state index in [0.717, 1.165) is 0 Å². The maximum atomic E-state index is 11.8. The van der Waals surface area contributed by atoms with Gasteiger partial charge in [0.1, 0.15) is 4.60 Å². The molecule has 0 saturated heterocycles. The summed E-state index contributed by atoms with van der Waals surface area (Å²) in [5.74, 6) is -0.0956. The fourth-order valence-corrected chi connectivity index (χ4v) is 1.37. The van der Waals surface area contributed by atoms with Crippen molar-refractivity contribution in [3.05, 3.63) is 28.4 Å². The van der Waals surface area contributed by atoms with Gasteiger partial charge in [0.15, 0.2) is 11.5 Å². The first-order valence-corrected chi connectivity index (χ1v) is 5.46. The van der Waals surface area contributed by atoms with E-state index >= 15 is 0 Å². The maximum Gasteiger partial charge on any atom is 0.279 e. The van der Waals surface area contributed by atoms with Crippen LogP contribution < -0.4 is 11.1 Å². The fraction of sp³-hybridized carbons (Fsp3) is 0.111. The first kappa shape index (κ1) is 11.5. The summed E-state index contributed by atoms with van der Waals surface area (Å²) >= 11 is 3.15. The molecule has 0 radical (unpaired) electrons. The van der Waals surface area contributed by atoms with Crippen LogP contribution in [0.3, 0.4) is 0 Å². The van der Waals surface area contributed by atoms with Crippen LogP contribution in [0.1, 0.15) is 16.2 Å². The quantitative estimate of drug-likeness (QED) is 0.769. The lowest BCUT2D eigenvalue weighted by molar-refractivity contribution is 0.102. The van der Waals surface area contributed by atoms with Crippen molar-refractivity contribution in [1.82, 2.24) is 20.2 Å². The third kappa shape index (κ3) is 2.41. The maximum absolute atomic E-state index is 11.8. The molecule has 0 atom stereocenters. The lowest BCUT2D eigenvalue weighted by Gasteiger charge is -2.02. The summed E-state index contributed by atoms with van der Waals surface area (Å²) in [6.07, 6.45) is 2.91. The van der Waals surface area contributed by atoms with Crippen LogP contribution in [0.5, 0.6) is 0 Å². The van der Waals surface area contributed by atoms with Gasteiger partial charge in [-0.15, -0.1) is 0 Å². The molecular weight excluding hydrogens is 288 g/mol. The van der Waals surface area contributed by atoms with Crippen LogP contribution in [0.25, 0.3) is 0 Å². The number of nitrogen functional groups attached to an aromatic ring is 1. The van der Waals surface area contributed by atoms with Crippen molar-refractivity contribution in [3.63, 3.8) is 0 Å². The van der Waals surface area contributed by atoms with Gasteiger partial charge in [-0.1, -0.05) is 0 Å². The fourth-order valence-electron chi connectivity index (χ4n) is 1.16. The number of nitrogens with zero attached hydrogens (tertiary/aromatic N) is 3. The van der Waals surface area contributed by atoms with Crippen LogP contribution >= 0.6 is 15.9 Å². The molecule has 1 amide bonds. The van der Waals surface area contributed by atoms with Crippen molar-refractivity contribution < 1.29 is 4.79 Å². The van der Waals surface area contributed by atoms with Gasteiger partial charge >= 0.3 is 0 Å². The second-order valence-corrected chi connectivity index (χ2v) is 4.10. The summed E-state index contributed by atoms with van der Waals surface area (Å²) in [6.45, 7) is 1.73. The molecule has 2 aromatic rings. The molecule has 0 aliphatic heterocycles. The number of aryl methyl sites for hydroxylation is 1. The Morgan fingerprint density at radius 1 is 1.47 bits per heavy atom. The van der Waals surface area contributed by atoms with Gasteiger partial charge in [0.05, 0.1) is 23.8 Å². The molecule has 2 heterocycles. The molecule has 0 aliphatic rings. The second kappa shape index (κ2) is 4.50. The Balaban J connectivity index is 2.17. The summed E-state index contributed by atoms with van der Waals surface area (Å²) in [7, 11) is 0. The van der Waals surface area contributed by atoms with Crippen molar-refractivity contribution in [3.8, 4) is 0 Å². The van der Waals surface area contributed by atoms with Gasteiger partial charge in [0.2, 0.25) is 0 Å². The van der Waals surface area contributed by atoms with Crippen molar-refractivity contribution in [1.29, 1.82) is 0 Å². The number of halogens is 1. The number of carbonyl (C=O) groups is 1. The van der Waals surface area contributed by atoms with E-state index in [1.807, 2.05) is 0 Å². The number of hydrogen-bond donors (Lipinski definition) is 3. The molecule has 0 saturated carbocycles. The number of H-pyrrole nitrogens is 1. The molecule has 0 aliphatic carbocycles. The van der Waals surface area contributed by atoms with E-state index in [0.29, 0.717) is 21.8 Å². The van der Waals surface area contributed by atoms with Crippen LogP contribution in [0.2, 0.25) is 0 Å². The summed E-state index contributed by atoms with van der Waals surface area (Å²) in [4.78, 5) is 19.7. The Labute approximate surface area is 105 Å². The van der Waals surface area contributed by atoms with Gasteiger partial charge in [-0.05, 0) is 22.9 Å². The Morgan fingerprint density at radius 2 is 2.24 bits per heavy atom. The summed E-state index contributed by atoms with van der Waals surface area (Å²) in [6, 6.07) is 0. The van der Waals surface area contributed by atoms with E-state index in [-0.39, 0.29) is 5.69 Å². The zero-order valence-electron chi connectivity index (χ0n) is 8.86. The van der Waals surface area contributed by atoms with E-state index in [2.05, 4.69) is 41.4 Å². The Morgan fingerprint density at radius 3 is 2.76 bits per heavy atom. The summed E-state index contributed by atoms with van der Waals surface area (Å²) in [5.41, 5.74) is 6.81. The van der Waals surface area contributed by atoms with Gasteiger partial charge in [0.25, 0.3) is 5.91 Å². The lowest BCUT2D eigenvalue weighted by Crippen LogP contribution is -2.15. The molecule has 4 N–H and O–H groups in total. The highest BCUT2D eigenvalue weighted by Gasteiger charge is 2.15. The molecular formula is C9H9BrN6O. The van der Waals surface area contributed by atoms with Gasteiger partial charge < -0.3 is 11.1 Å². The average Bonchev–Trinajstić information content (AvgIpc) is 2.63. The second-order valence-electron chi connectivity index (χ2n) is 3.29. The molecule has 2 aromatic heterocycles. The largest absolute Gasteiger partial charge is 0.395 e. The monoisotopic (exact) mass is 296 g/mol. The molecule has 8 heteroatoms. The highest BCUT2D eigenvalue weighted by molar-refractivity contribution is 9.10. The molecule has 7 nitrogen and oxygen atoms in total. The first-order valence-electron chi connectivity index (χ1n) is 4.67. The third-order valence-corrected chi connectivity index (χ3v) is 2.48. The number of nitrogens with two attached hydrogens (primary N) is 1. The van der Waals surface area contributed by atoms with Crippen molar-refractivity contribution in [2.75, 3.05) is 11.1 Å². The third-order valence-electron chi connectivity index (χ3n) is 2.07. The van der Waals surface area contributed by atoms with E-state index in [1.54, 1.807) is 6.92 Å². The SMILES string of the molecule is Cc1[nH]nc(C(=O)Nc2cnc(Br)cn2)c1N. The number of aromatic nitrogens is 4. The summed E-state index contributed by atoms with van der Waals surface area (Å²) < 4.78 is 0.589. The van der Waals surface area contributed by atoms with Crippen LogP contribution in [0.4, 0.5) is 11.5 Å². The first-order chi connectivity index (χ1) is 8.08. The lowest BCUT2D eigenvalue weighted by atomic mass is 10.3. The zero-order valence-corrected chi connectivity index (χ0v) is 10.4. The minimum Gasteiger partial charge on any atom is -0.395 e. The van der Waals surface area contributed by atoms with Crippen molar-refractivity contribution in [2.45, 2.75) is 6.92 Å². The van der Waals surface area contributed by atoms with E-state index in [4.69, 9.17) is 5.73 Å². The number of aromatic amines is 1. The highest BCUT2D eigenvalue weighted by Crippen LogP contribution is 2.14. The number of hydrogen-bond acceptors (Lipinski definition) is 5. The van der Waals surface area contributed by atoms with Crippen LogP contribution in [-0.2, 0) is 0 Å². The number of rotatable bonds is 2. The molecule has 0 aromatic carbocycles. The standard InChI is InChI=1S/C9H9BrN6O/c1-4-7(11)8(16-15-4)9(17)14-6-3-12-5(10)2-13-6/h2-3H,11H2,1H3,(H,15,16)(H,13,14,17). The van der Waals surface area contributed by atoms with Gasteiger partial charge in [-0.25, -0.2) is 9.97 Å². The topological polar surface area (TPSA) is 110 Å². The van der Waals surface area contributed by atoms with Crippen molar-refractivity contribution in [2.24, 2.45) is 0 Å². The molecule has 17 heavy (non-hydrogen) atoms. The van der Waals surface area contributed by atoms with Crippen LogP contribution in [-0.4, -0.2) is 26.1 Å². The smallest absolute Gasteiger partial charge is 0.279 e. The zero-order chi connectivity index (χ0) is 12.4. The Kier molecular flexibility index (Phi) is 3.05. The van der Waals surface area contributed by atoms with Gasteiger partial charge in [0, 0.05) is 0 Å². The van der Waals surface area contributed by atoms with Gasteiger partial charge in [-0.3, -0.25) is 9.89 Å². The predicted octanol–water partition coefficient (Wildman–Crippen LogP) is 1.11. The van der Waals surface area contributed by atoms with E-state index in [9.17, 15) is 4.79 Å². The molecule has 0 unspecified atom stereocenters. The molecule has 0 spiro atoms. The summed E-state index contributed by atoms with van der Waals surface area (Å²) in [5, 5.41) is 8.99. The van der Waals surface area contributed by atoms with Crippen LogP contribution in [0, 0.1) is 6.92 Å². The highest BCUT2D eigenvalue weighted by atomic mass is 79.9. The molecule has 0 bridgehead atoms. The van der Waals surface area contributed by atoms with E-state index in [1.165, 1.54) is 12.4 Å².